The number of nitrogens with one attached hydrogen (secondary N) is 1. The maximum absolute atomic E-state index is 12.9. The molecule has 1 atom stereocenters. The number of carbonyl (C=O) groups excluding carboxylic acids is 2. The van der Waals surface area contributed by atoms with Crippen molar-refractivity contribution in [1.29, 1.82) is 0 Å². The molecule has 0 bridgehead atoms. The molecule has 2 rings (SSSR count). The fourth-order valence-corrected chi connectivity index (χ4v) is 2.04. The van der Waals surface area contributed by atoms with Crippen LogP contribution in [0.15, 0.2) is 34.7 Å². The summed E-state index contributed by atoms with van der Waals surface area (Å²) in [5.41, 5.74) is 6.36. The number of primary amides is 1. The lowest BCUT2D eigenvalue weighted by Gasteiger charge is -2.15. The first-order valence-electron chi connectivity index (χ1n) is 6.31. The van der Waals surface area contributed by atoms with Gasteiger partial charge in [0, 0.05) is 5.56 Å². The Morgan fingerprint density at radius 2 is 1.86 bits per heavy atom. The summed E-state index contributed by atoms with van der Waals surface area (Å²) in [6.45, 7) is 3.44. The zero-order valence-electron chi connectivity index (χ0n) is 11.6. The summed E-state index contributed by atoms with van der Waals surface area (Å²) in [6, 6.07) is 5.84. The number of carbonyl (C=O) groups is 2. The van der Waals surface area contributed by atoms with Crippen LogP contribution >= 0.6 is 0 Å². The van der Waals surface area contributed by atoms with Gasteiger partial charge in [0.05, 0.1) is 0 Å². The number of amides is 2. The molecule has 0 saturated carbocycles. The van der Waals surface area contributed by atoms with Crippen molar-refractivity contribution < 1.29 is 18.4 Å². The Labute approximate surface area is 120 Å². The van der Waals surface area contributed by atoms with Gasteiger partial charge in [-0.1, -0.05) is 12.1 Å². The van der Waals surface area contributed by atoms with Crippen molar-refractivity contribution in [2.45, 2.75) is 19.9 Å². The van der Waals surface area contributed by atoms with Crippen LogP contribution < -0.4 is 11.1 Å². The van der Waals surface area contributed by atoms with Crippen LogP contribution in [0.25, 0.3) is 0 Å². The molecule has 0 saturated heterocycles. The van der Waals surface area contributed by atoms with E-state index in [0.29, 0.717) is 16.9 Å². The Bertz CT molecular complexity index is 677. The fraction of sp³-hybridized carbons (Fsp3) is 0.200. The van der Waals surface area contributed by atoms with Crippen molar-refractivity contribution in [3.63, 3.8) is 0 Å². The van der Waals surface area contributed by atoms with E-state index in [9.17, 15) is 14.0 Å². The van der Waals surface area contributed by atoms with E-state index in [1.165, 1.54) is 24.3 Å². The van der Waals surface area contributed by atoms with Gasteiger partial charge in [0.1, 0.15) is 17.6 Å². The minimum atomic E-state index is -1.05. The summed E-state index contributed by atoms with van der Waals surface area (Å²) in [7, 11) is 0. The van der Waals surface area contributed by atoms with Crippen molar-refractivity contribution in [2.75, 3.05) is 0 Å². The van der Waals surface area contributed by atoms with Crippen LogP contribution in [0.4, 0.5) is 4.39 Å². The molecular formula is C15H15FN2O3. The van der Waals surface area contributed by atoms with Crippen LogP contribution in [-0.4, -0.2) is 11.8 Å². The third-order valence-corrected chi connectivity index (χ3v) is 3.01. The Balaban J connectivity index is 2.24. The topological polar surface area (TPSA) is 85.3 Å². The standard InChI is InChI=1S/C15H15FN2O3/c1-8-7-9(2)21-13(8)15(20)18-12(14(17)19)10-3-5-11(16)6-4-10/h3-7,12H,1-2H3,(H2,17,19)(H,18,20)/t12-/m0/s1. The third kappa shape index (κ3) is 3.28. The normalized spacial score (nSPS) is 12.0. The smallest absolute Gasteiger partial charge is 0.288 e. The molecule has 0 spiro atoms. The molecule has 21 heavy (non-hydrogen) atoms. The van der Waals surface area contributed by atoms with Gasteiger partial charge in [0.25, 0.3) is 5.91 Å². The molecule has 1 aromatic carbocycles. The predicted octanol–water partition coefficient (Wildman–Crippen LogP) is 1.99. The Hall–Kier alpha value is -2.63. The van der Waals surface area contributed by atoms with Gasteiger partial charge in [-0.3, -0.25) is 9.59 Å². The van der Waals surface area contributed by atoms with Gasteiger partial charge in [-0.15, -0.1) is 0 Å². The van der Waals surface area contributed by atoms with E-state index >= 15 is 0 Å². The highest BCUT2D eigenvalue weighted by atomic mass is 19.1. The Morgan fingerprint density at radius 1 is 1.24 bits per heavy atom. The summed E-state index contributed by atoms with van der Waals surface area (Å²) >= 11 is 0. The van der Waals surface area contributed by atoms with Crippen molar-refractivity contribution >= 4 is 11.8 Å². The number of aryl methyl sites for hydroxylation is 2. The van der Waals surface area contributed by atoms with Crippen LogP contribution in [0.3, 0.4) is 0 Å². The molecule has 2 aromatic rings. The molecule has 0 unspecified atom stereocenters. The molecule has 110 valence electrons. The highest BCUT2D eigenvalue weighted by molar-refractivity contribution is 5.96. The molecule has 0 radical (unpaired) electrons. The quantitative estimate of drug-likeness (QED) is 0.903. The lowest BCUT2D eigenvalue weighted by Crippen LogP contribution is -2.37. The Morgan fingerprint density at radius 3 is 2.33 bits per heavy atom. The number of hydrogen-bond donors (Lipinski definition) is 2. The number of furan rings is 1. The number of benzene rings is 1. The number of nitrogens with two attached hydrogens (primary N) is 1. The lowest BCUT2D eigenvalue weighted by atomic mass is 10.1. The molecule has 1 heterocycles. The van der Waals surface area contributed by atoms with E-state index in [1.54, 1.807) is 19.9 Å². The molecule has 0 aliphatic heterocycles. The average molecular weight is 290 g/mol. The minimum Gasteiger partial charge on any atom is -0.456 e. The van der Waals surface area contributed by atoms with Crippen LogP contribution in [0.5, 0.6) is 0 Å². The zero-order chi connectivity index (χ0) is 15.6. The second-order valence-electron chi connectivity index (χ2n) is 4.73. The second kappa shape index (κ2) is 5.78. The van der Waals surface area contributed by atoms with Crippen molar-refractivity contribution in [2.24, 2.45) is 5.73 Å². The molecule has 6 heteroatoms. The van der Waals surface area contributed by atoms with E-state index in [2.05, 4.69) is 5.32 Å². The second-order valence-corrected chi connectivity index (χ2v) is 4.73. The van der Waals surface area contributed by atoms with E-state index in [4.69, 9.17) is 10.2 Å². The highest BCUT2D eigenvalue weighted by Crippen LogP contribution is 2.17. The van der Waals surface area contributed by atoms with Crippen LogP contribution in [0, 0.1) is 19.7 Å². The van der Waals surface area contributed by atoms with Crippen LogP contribution in [0.1, 0.15) is 33.5 Å². The maximum atomic E-state index is 12.9. The molecule has 0 aliphatic rings. The number of halogens is 1. The van der Waals surface area contributed by atoms with Crippen LogP contribution in [0.2, 0.25) is 0 Å². The predicted molar refractivity (Wildman–Crippen MR) is 74.0 cm³/mol. The minimum absolute atomic E-state index is 0.126. The Kier molecular flexibility index (Phi) is 4.07. The molecule has 0 aliphatic carbocycles. The first-order valence-corrected chi connectivity index (χ1v) is 6.31. The molecule has 3 N–H and O–H groups in total. The van der Waals surface area contributed by atoms with Gasteiger partial charge in [-0.25, -0.2) is 4.39 Å². The van der Waals surface area contributed by atoms with Gasteiger partial charge in [0.15, 0.2) is 5.76 Å². The third-order valence-electron chi connectivity index (χ3n) is 3.01. The molecular weight excluding hydrogens is 275 g/mol. The van der Waals surface area contributed by atoms with Crippen LogP contribution in [-0.2, 0) is 4.79 Å². The molecule has 5 nitrogen and oxygen atoms in total. The zero-order valence-corrected chi connectivity index (χ0v) is 11.6. The summed E-state index contributed by atoms with van der Waals surface area (Å²) in [4.78, 5) is 23.7. The highest BCUT2D eigenvalue weighted by Gasteiger charge is 2.23. The van der Waals surface area contributed by atoms with Gasteiger partial charge < -0.3 is 15.5 Å². The summed E-state index contributed by atoms with van der Waals surface area (Å²) in [6.07, 6.45) is 0. The van der Waals surface area contributed by atoms with Crippen molar-refractivity contribution in [1.82, 2.24) is 5.32 Å². The van der Waals surface area contributed by atoms with Gasteiger partial charge in [-0.05, 0) is 37.6 Å². The van der Waals surface area contributed by atoms with Gasteiger partial charge in [-0.2, -0.15) is 0 Å². The van der Waals surface area contributed by atoms with Gasteiger partial charge in [0.2, 0.25) is 5.91 Å². The first kappa shape index (κ1) is 14.8. The van der Waals surface area contributed by atoms with Crippen molar-refractivity contribution in [3.8, 4) is 0 Å². The van der Waals surface area contributed by atoms with E-state index in [1.807, 2.05) is 0 Å². The first-order chi connectivity index (χ1) is 9.88. The SMILES string of the molecule is Cc1cc(C)c(C(=O)N[C@H](C(N)=O)c2ccc(F)cc2)o1. The molecule has 2 amide bonds. The fourth-order valence-electron chi connectivity index (χ4n) is 2.04. The summed E-state index contributed by atoms with van der Waals surface area (Å²) in [5, 5.41) is 2.49. The molecule has 1 aromatic heterocycles. The maximum Gasteiger partial charge on any atom is 0.288 e. The monoisotopic (exact) mass is 290 g/mol. The summed E-state index contributed by atoms with van der Waals surface area (Å²) in [5.74, 6) is -1.01. The lowest BCUT2D eigenvalue weighted by molar-refractivity contribution is -0.120. The largest absolute Gasteiger partial charge is 0.456 e. The molecule has 0 fully saturated rings. The van der Waals surface area contributed by atoms with Gasteiger partial charge >= 0.3 is 0 Å². The van der Waals surface area contributed by atoms with E-state index < -0.39 is 23.7 Å². The number of hydrogen-bond acceptors (Lipinski definition) is 3. The van der Waals surface area contributed by atoms with E-state index in [-0.39, 0.29) is 5.76 Å². The summed E-state index contributed by atoms with van der Waals surface area (Å²) < 4.78 is 18.2. The van der Waals surface area contributed by atoms with E-state index in [0.717, 1.165) is 0 Å². The van der Waals surface area contributed by atoms with Crippen molar-refractivity contribution in [3.05, 3.63) is 58.8 Å². The average Bonchev–Trinajstić information content (AvgIpc) is 2.76. The number of rotatable bonds is 4.